The van der Waals surface area contributed by atoms with E-state index in [-0.39, 0.29) is 23.5 Å². The van der Waals surface area contributed by atoms with Crippen LogP contribution in [0.3, 0.4) is 0 Å². The van der Waals surface area contributed by atoms with Gasteiger partial charge in [0.1, 0.15) is 18.0 Å². The van der Waals surface area contributed by atoms with Crippen LogP contribution in [0.2, 0.25) is 0 Å². The summed E-state index contributed by atoms with van der Waals surface area (Å²) in [4.78, 5) is 11.5. The first-order chi connectivity index (χ1) is 17.8. The zero-order chi connectivity index (χ0) is 26.4. The summed E-state index contributed by atoms with van der Waals surface area (Å²) in [5.74, 6) is 0.975. The Bertz CT molecular complexity index is 1360. The summed E-state index contributed by atoms with van der Waals surface area (Å²) in [6, 6.07) is 10.6. The first kappa shape index (κ1) is 26.4. The molecule has 0 saturated carbocycles. The molecule has 0 fully saturated rings. The maximum atomic E-state index is 13.2. The third-order valence-corrected chi connectivity index (χ3v) is 6.05. The molecule has 0 atom stereocenters. The van der Waals surface area contributed by atoms with Crippen LogP contribution in [0.4, 0.5) is 13.2 Å². The minimum absolute atomic E-state index is 0.0429. The number of benzene rings is 2. The van der Waals surface area contributed by atoms with Gasteiger partial charge in [-0.05, 0) is 62.1 Å². The highest BCUT2D eigenvalue weighted by molar-refractivity contribution is 5.85. The predicted octanol–water partition coefficient (Wildman–Crippen LogP) is 6.55. The molecule has 10 heteroatoms. The van der Waals surface area contributed by atoms with Crippen molar-refractivity contribution in [3.05, 3.63) is 53.9 Å². The molecule has 0 aliphatic carbocycles. The SMILES string of the molecule is CCCc1c(OCCCCCOc2ccc3c(ccn3CC(=O)OC)c2)ccc2c(C(F)(F)F)noc12. The number of carbonyl (C=O) groups is 1. The average Bonchev–Trinajstić information content (AvgIpc) is 3.48. The fourth-order valence-electron chi connectivity index (χ4n) is 4.23. The van der Waals surface area contributed by atoms with Gasteiger partial charge in [0, 0.05) is 22.7 Å². The fraction of sp³-hybridized carbons (Fsp3) is 0.407. The van der Waals surface area contributed by atoms with E-state index in [1.165, 1.54) is 13.2 Å². The van der Waals surface area contributed by atoms with Crippen molar-refractivity contribution < 1.29 is 36.7 Å². The third-order valence-electron chi connectivity index (χ3n) is 6.05. The number of aromatic nitrogens is 2. The van der Waals surface area contributed by atoms with Crippen molar-refractivity contribution in [1.29, 1.82) is 0 Å². The molecular weight excluding hydrogens is 489 g/mol. The number of esters is 1. The highest BCUT2D eigenvalue weighted by atomic mass is 19.4. The molecule has 0 N–H and O–H groups in total. The fourth-order valence-corrected chi connectivity index (χ4v) is 4.23. The molecule has 0 radical (unpaired) electrons. The summed E-state index contributed by atoms with van der Waals surface area (Å²) in [7, 11) is 1.36. The molecule has 2 heterocycles. The Morgan fingerprint density at radius 1 is 1.05 bits per heavy atom. The van der Waals surface area contributed by atoms with Gasteiger partial charge in [0.25, 0.3) is 0 Å². The van der Waals surface area contributed by atoms with Crippen molar-refractivity contribution in [2.45, 2.75) is 51.7 Å². The van der Waals surface area contributed by atoms with Gasteiger partial charge in [-0.25, -0.2) is 0 Å². The van der Waals surface area contributed by atoms with Gasteiger partial charge in [-0.1, -0.05) is 18.5 Å². The molecule has 4 aromatic rings. The molecule has 37 heavy (non-hydrogen) atoms. The number of hydrogen-bond donors (Lipinski definition) is 0. The van der Waals surface area contributed by atoms with E-state index in [1.807, 2.05) is 42.0 Å². The lowest BCUT2D eigenvalue weighted by atomic mass is 10.0. The molecule has 0 aliphatic rings. The third kappa shape index (κ3) is 6.18. The van der Waals surface area contributed by atoms with Crippen molar-refractivity contribution in [2.24, 2.45) is 0 Å². The van der Waals surface area contributed by atoms with Crippen molar-refractivity contribution in [1.82, 2.24) is 9.72 Å². The van der Waals surface area contributed by atoms with Crippen molar-refractivity contribution in [3.63, 3.8) is 0 Å². The lowest BCUT2D eigenvalue weighted by molar-refractivity contribution is -0.142. The quantitative estimate of drug-likeness (QED) is 0.156. The van der Waals surface area contributed by atoms with Crippen molar-refractivity contribution in [2.75, 3.05) is 20.3 Å². The van der Waals surface area contributed by atoms with E-state index in [9.17, 15) is 18.0 Å². The molecule has 0 spiro atoms. The van der Waals surface area contributed by atoms with E-state index < -0.39 is 11.9 Å². The van der Waals surface area contributed by atoms with Crippen LogP contribution in [0.15, 0.2) is 47.1 Å². The molecular formula is C27H29F3N2O5. The molecule has 7 nitrogen and oxygen atoms in total. The lowest BCUT2D eigenvalue weighted by Crippen LogP contribution is -2.10. The molecule has 4 rings (SSSR count). The Hall–Kier alpha value is -3.69. The van der Waals surface area contributed by atoms with Gasteiger partial charge in [0.2, 0.25) is 0 Å². The maximum Gasteiger partial charge on any atom is 0.437 e. The standard InChI is InChI=1S/C27H29F3N2O5/c1-3-7-20-23(11-9-21-25(20)37-31-26(21)27(28,29)30)36-15-6-4-5-14-35-19-8-10-22-18(16-19)12-13-32(22)17-24(33)34-2/h8-13,16H,3-7,14-15,17H2,1-2H3. The van der Waals surface area contributed by atoms with Crippen LogP contribution in [0.25, 0.3) is 21.9 Å². The summed E-state index contributed by atoms with van der Waals surface area (Å²) < 4.78 is 62.9. The van der Waals surface area contributed by atoms with Gasteiger partial charge in [-0.15, -0.1) is 0 Å². The second-order valence-electron chi connectivity index (χ2n) is 8.70. The van der Waals surface area contributed by atoms with Gasteiger partial charge in [-0.2, -0.15) is 13.2 Å². The van der Waals surface area contributed by atoms with Crippen LogP contribution >= 0.6 is 0 Å². The zero-order valence-corrected chi connectivity index (χ0v) is 20.8. The number of hydrogen-bond acceptors (Lipinski definition) is 6. The van der Waals surface area contributed by atoms with Gasteiger partial charge >= 0.3 is 12.1 Å². The first-order valence-electron chi connectivity index (χ1n) is 12.2. The summed E-state index contributed by atoms with van der Waals surface area (Å²) in [6.07, 6.45) is 0.992. The topological polar surface area (TPSA) is 75.7 Å². The van der Waals surface area contributed by atoms with Crippen LogP contribution in [-0.4, -0.2) is 36.0 Å². The number of halogens is 3. The van der Waals surface area contributed by atoms with Crippen LogP contribution in [0.1, 0.15) is 43.9 Å². The zero-order valence-electron chi connectivity index (χ0n) is 20.8. The number of rotatable bonds is 12. The normalized spacial score (nSPS) is 11.8. The van der Waals surface area contributed by atoms with Crippen molar-refractivity contribution in [3.8, 4) is 11.5 Å². The smallest absolute Gasteiger partial charge is 0.437 e. The summed E-state index contributed by atoms with van der Waals surface area (Å²) in [5.41, 5.74) is 0.666. The highest BCUT2D eigenvalue weighted by Gasteiger charge is 2.37. The number of carbonyl (C=O) groups excluding carboxylic acids is 1. The molecule has 2 aromatic heterocycles. The molecule has 2 aromatic carbocycles. The number of nitrogens with zero attached hydrogens (tertiary/aromatic N) is 2. The Morgan fingerprint density at radius 3 is 2.57 bits per heavy atom. The van der Waals surface area contributed by atoms with E-state index in [2.05, 4.69) is 5.16 Å². The van der Waals surface area contributed by atoms with Crippen molar-refractivity contribution >= 4 is 27.8 Å². The number of ether oxygens (including phenoxy) is 3. The Labute approximate surface area is 212 Å². The maximum absolute atomic E-state index is 13.2. The predicted molar refractivity (Wildman–Crippen MR) is 132 cm³/mol. The van der Waals surface area contributed by atoms with Gasteiger partial charge in [0.15, 0.2) is 11.3 Å². The van der Waals surface area contributed by atoms with Crippen LogP contribution in [0, 0.1) is 0 Å². The van der Waals surface area contributed by atoms with E-state index in [0.717, 1.165) is 42.3 Å². The highest BCUT2D eigenvalue weighted by Crippen LogP contribution is 2.38. The Morgan fingerprint density at radius 2 is 1.84 bits per heavy atom. The molecule has 0 unspecified atom stereocenters. The number of methoxy groups -OCH3 is 1. The van der Waals surface area contributed by atoms with Crippen LogP contribution < -0.4 is 9.47 Å². The summed E-state index contributed by atoms with van der Waals surface area (Å²) >= 11 is 0. The number of alkyl halides is 3. The van der Waals surface area contributed by atoms with Crippen LogP contribution in [-0.2, 0) is 28.7 Å². The Kier molecular flexibility index (Phi) is 8.25. The number of fused-ring (bicyclic) bond motifs is 2. The van der Waals surface area contributed by atoms with E-state index in [4.69, 9.17) is 18.7 Å². The monoisotopic (exact) mass is 518 g/mol. The molecule has 0 saturated heterocycles. The average molecular weight is 519 g/mol. The van der Waals surface area contributed by atoms with E-state index in [1.54, 1.807) is 6.07 Å². The van der Waals surface area contributed by atoms with Gasteiger partial charge < -0.3 is 23.3 Å². The second kappa shape index (κ2) is 11.6. The largest absolute Gasteiger partial charge is 0.494 e. The van der Waals surface area contributed by atoms with Crippen LogP contribution in [0.5, 0.6) is 11.5 Å². The summed E-state index contributed by atoms with van der Waals surface area (Å²) in [6.45, 7) is 3.07. The van der Waals surface area contributed by atoms with Gasteiger partial charge in [-0.3, -0.25) is 4.79 Å². The molecule has 0 amide bonds. The Balaban J connectivity index is 1.25. The first-order valence-corrected chi connectivity index (χ1v) is 12.2. The number of aryl methyl sites for hydroxylation is 1. The van der Waals surface area contributed by atoms with E-state index in [0.29, 0.717) is 30.9 Å². The lowest BCUT2D eigenvalue weighted by Gasteiger charge is -2.12. The minimum atomic E-state index is -4.57. The minimum Gasteiger partial charge on any atom is -0.494 e. The van der Waals surface area contributed by atoms with Gasteiger partial charge in [0.05, 0.1) is 25.7 Å². The van der Waals surface area contributed by atoms with E-state index >= 15 is 0 Å². The second-order valence-corrected chi connectivity index (χ2v) is 8.70. The molecule has 0 bridgehead atoms. The molecule has 198 valence electrons. The molecule has 0 aliphatic heterocycles. The number of unbranched alkanes of at least 4 members (excludes halogenated alkanes) is 2. The summed E-state index contributed by atoms with van der Waals surface area (Å²) in [5, 5.41) is 4.18.